The van der Waals surface area contributed by atoms with Crippen molar-refractivity contribution in [3.8, 4) is 11.5 Å². The molecule has 12 nitrogen and oxygen atoms in total. The molecule has 1 saturated heterocycles. The maximum Gasteiger partial charge on any atom is 0.255 e. The molecule has 0 bridgehead atoms. The van der Waals surface area contributed by atoms with Crippen LogP contribution in [0.4, 0.5) is 23.5 Å². The van der Waals surface area contributed by atoms with Crippen LogP contribution in [0.1, 0.15) is 32.6 Å². The number of piperazine rings is 1. The van der Waals surface area contributed by atoms with Gasteiger partial charge in [-0.15, -0.1) is 0 Å². The maximum atomic E-state index is 12.8. The Hall–Kier alpha value is -4.94. The van der Waals surface area contributed by atoms with Crippen molar-refractivity contribution in [2.45, 2.75) is 26.4 Å². The molecule has 2 aliphatic rings. The zero-order valence-corrected chi connectivity index (χ0v) is 28.3. The van der Waals surface area contributed by atoms with Gasteiger partial charge in [0.1, 0.15) is 0 Å². The molecule has 4 aromatic rings. The van der Waals surface area contributed by atoms with E-state index in [2.05, 4.69) is 43.8 Å². The van der Waals surface area contributed by atoms with E-state index in [1.807, 2.05) is 61.5 Å². The van der Waals surface area contributed by atoms with Crippen LogP contribution in [0.2, 0.25) is 0 Å². The van der Waals surface area contributed by atoms with Crippen LogP contribution in [-0.2, 0) is 19.5 Å². The average molecular weight is 652 g/mol. The van der Waals surface area contributed by atoms with Crippen molar-refractivity contribution in [2.75, 3.05) is 87.9 Å². The number of methoxy groups -OCH3 is 2. The van der Waals surface area contributed by atoms with Crippen LogP contribution >= 0.6 is 0 Å². The first-order valence-electron chi connectivity index (χ1n) is 16.5. The van der Waals surface area contributed by atoms with Gasteiger partial charge in [0.25, 0.3) is 5.91 Å². The highest BCUT2D eigenvalue weighted by atomic mass is 16.5. The number of nitrogens with zero attached hydrogens (tertiary/aromatic N) is 6. The minimum Gasteiger partial charge on any atom is -0.493 e. The minimum atomic E-state index is -0.145. The van der Waals surface area contributed by atoms with Crippen LogP contribution in [0.3, 0.4) is 0 Å². The van der Waals surface area contributed by atoms with Crippen molar-refractivity contribution >= 4 is 29.4 Å². The Kier molecular flexibility index (Phi) is 10.5. The third-order valence-corrected chi connectivity index (χ3v) is 8.87. The highest BCUT2D eigenvalue weighted by Gasteiger charge is 2.23. The standard InChI is InChI=1S/C36H45N9O3/c1-25-6-5-7-30(20-25)39-33(46)27-10-8-26(9-11-27)23-38-35-40-34(37-13-15-44-18-16-43(2)17-19-44)41-36(42-35)45-14-12-28-21-31(47-3)32(48-4)22-29(28)24-45/h5-11,20-22H,12-19,23-24H2,1-4H3,(H,39,46)(H2,37,38,40,41,42). The van der Waals surface area contributed by atoms with E-state index in [1.54, 1.807) is 14.2 Å². The van der Waals surface area contributed by atoms with Gasteiger partial charge in [-0.05, 0) is 79.0 Å². The first-order chi connectivity index (χ1) is 23.4. The van der Waals surface area contributed by atoms with Crippen LogP contribution in [0.15, 0.2) is 60.7 Å². The fourth-order valence-electron chi connectivity index (χ4n) is 6.00. The summed E-state index contributed by atoms with van der Waals surface area (Å²) >= 11 is 0. The third-order valence-electron chi connectivity index (χ3n) is 8.87. The third kappa shape index (κ3) is 8.31. The molecule has 48 heavy (non-hydrogen) atoms. The Bertz CT molecular complexity index is 1710. The maximum absolute atomic E-state index is 12.8. The molecule has 0 spiro atoms. The summed E-state index contributed by atoms with van der Waals surface area (Å²) in [5.41, 5.74) is 5.86. The lowest BCUT2D eigenvalue weighted by atomic mass is 9.99. The number of ether oxygens (including phenoxy) is 2. The molecule has 1 fully saturated rings. The molecule has 252 valence electrons. The second-order valence-corrected chi connectivity index (χ2v) is 12.4. The summed E-state index contributed by atoms with van der Waals surface area (Å²) in [6, 6.07) is 19.4. The van der Waals surface area contributed by atoms with E-state index in [9.17, 15) is 4.79 Å². The van der Waals surface area contributed by atoms with Crippen LogP contribution < -0.4 is 30.3 Å². The van der Waals surface area contributed by atoms with Gasteiger partial charge in [-0.2, -0.15) is 15.0 Å². The Morgan fingerprint density at radius 1 is 0.833 bits per heavy atom. The molecule has 0 saturated carbocycles. The summed E-state index contributed by atoms with van der Waals surface area (Å²) in [4.78, 5) is 34.2. The topological polar surface area (TPSA) is 120 Å². The Balaban J connectivity index is 1.15. The molecule has 2 aliphatic heterocycles. The van der Waals surface area contributed by atoms with Crippen molar-refractivity contribution in [1.29, 1.82) is 0 Å². The van der Waals surface area contributed by atoms with Gasteiger partial charge in [-0.25, -0.2) is 0 Å². The fourth-order valence-corrected chi connectivity index (χ4v) is 6.00. The number of rotatable bonds is 12. The second-order valence-electron chi connectivity index (χ2n) is 12.4. The van der Waals surface area contributed by atoms with Crippen LogP contribution in [-0.4, -0.2) is 97.7 Å². The monoisotopic (exact) mass is 651 g/mol. The molecule has 0 aliphatic carbocycles. The molecular formula is C36H45N9O3. The quantitative estimate of drug-likeness (QED) is 0.204. The van der Waals surface area contributed by atoms with Gasteiger partial charge in [0.15, 0.2) is 11.5 Å². The SMILES string of the molecule is COc1cc2c(cc1OC)CN(c1nc(NCCN3CCN(C)CC3)nc(NCc3ccc(C(=O)Nc4cccc(C)c4)cc3)n1)CC2. The van der Waals surface area contributed by atoms with E-state index in [4.69, 9.17) is 24.4 Å². The molecule has 6 rings (SSSR count). The van der Waals surface area contributed by atoms with Gasteiger partial charge in [-0.3, -0.25) is 9.69 Å². The number of anilines is 4. The van der Waals surface area contributed by atoms with Gasteiger partial charge in [-0.1, -0.05) is 24.3 Å². The molecule has 3 aromatic carbocycles. The van der Waals surface area contributed by atoms with E-state index in [-0.39, 0.29) is 5.91 Å². The Morgan fingerprint density at radius 3 is 2.25 bits per heavy atom. The minimum absolute atomic E-state index is 0.145. The van der Waals surface area contributed by atoms with Gasteiger partial charge in [0.2, 0.25) is 17.8 Å². The largest absolute Gasteiger partial charge is 0.493 e. The summed E-state index contributed by atoms with van der Waals surface area (Å²) < 4.78 is 11.1. The van der Waals surface area contributed by atoms with E-state index < -0.39 is 0 Å². The summed E-state index contributed by atoms with van der Waals surface area (Å²) in [5.74, 6) is 2.94. The molecule has 0 atom stereocenters. The molecule has 1 amide bonds. The summed E-state index contributed by atoms with van der Waals surface area (Å²) in [6.07, 6.45) is 0.833. The lowest BCUT2D eigenvalue weighted by Crippen LogP contribution is -2.45. The zero-order valence-electron chi connectivity index (χ0n) is 28.3. The molecule has 3 N–H and O–H groups in total. The highest BCUT2D eigenvalue weighted by Crippen LogP contribution is 2.34. The number of carbonyl (C=O) groups excluding carboxylic acids is 1. The number of nitrogens with one attached hydrogen (secondary N) is 3. The van der Waals surface area contributed by atoms with Crippen molar-refractivity contribution < 1.29 is 14.3 Å². The predicted octanol–water partition coefficient (Wildman–Crippen LogP) is 4.28. The Morgan fingerprint density at radius 2 is 1.54 bits per heavy atom. The lowest BCUT2D eigenvalue weighted by Gasteiger charge is -2.32. The number of fused-ring (bicyclic) bond motifs is 1. The molecule has 1 aromatic heterocycles. The van der Waals surface area contributed by atoms with Crippen molar-refractivity contribution in [3.05, 3.63) is 88.5 Å². The van der Waals surface area contributed by atoms with Crippen molar-refractivity contribution in [1.82, 2.24) is 24.8 Å². The van der Waals surface area contributed by atoms with E-state index in [0.717, 1.165) is 80.4 Å². The average Bonchev–Trinajstić information content (AvgIpc) is 3.11. The van der Waals surface area contributed by atoms with Crippen LogP contribution in [0, 0.1) is 6.92 Å². The smallest absolute Gasteiger partial charge is 0.255 e. The van der Waals surface area contributed by atoms with Gasteiger partial charge in [0, 0.05) is 70.2 Å². The number of hydrogen-bond donors (Lipinski definition) is 3. The highest BCUT2D eigenvalue weighted by molar-refractivity contribution is 6.04. The number of carbonyl (C=O) groups is 1. The number of aromatic nitrogens is 3. The predicted molar refractivity (Wildman–Crippen MR) is 189 cm³/mol. The molecule has 0 radical (unpaired) electrons. The first kappa shape index (κ1) is 33.0. The van der Waals surface area contributed by atoms with Gasteiger partial charge >= 0.3 is 0 Å². The normalized spacial score (nSPS) is 15.0. The van der Waals surface area contributed by atoms with Gasteiger partial charge < -0.3 is 35.2 Å². The summed E-state index contributed by atoms with van der Waals surface area (Å²) in [7, 11) is 5.48. The zero-order chi connectivity index (χ0) is 33.5. The lowest BCUT2D eigenvalue weighted by molar-refractivity contribution is 0.102. The van der Waals surface area contributed by atoms with E-state index in [0.29, 0.717) is 42.2 Å². The molecule has 0 unspecified atom stereocenters. The first-order valence-corrected chi connectivity index (χ1v) is 16.5. The van der Waals surface area contributed by atoms with E-state index in [1.165, 1.54) is 5.56 Å². The Labute approximate surface area is 282 Å². The number of amides is 1. The number of likely N-dealkylation sites (N-methyl/N-ethyl adjacent to an activating group) is 1. The summed E-state index contributed by atoms with van der Waals surface area (Å²) in [5, 5.41) is 9.81. The summed E-state index contributed by atoms with van der Waals surface area (Å²) in [6.45, 7) is 9.82. The molecule has 3 heterocycles. The van der Waals surface area contributed by atoms with Crippen LogP contribution in [0.25, 0.3) is 0 Å². The molecular weight excluding hydrogens is 606 g/mol. The second kappa shape index (κ2) is 15.3. The number of benzene rings is 3. The van der Waals surface area contributed by atoms with Gasteiger partial charge in [0.05, 0.1) is 14.2 Å². The molecule has 12 heteroatoms. The number of hydrogen-bond acceptors (Lipinski definition) is 11. The van der Waals surface area contributed by atoms with Crippen LogP contribution in [0.5, 0.6) is 11.5 Å². The fraction of sp³-hybridized carbons (Fsp3) is 0.389. The van der Waals surface area contributed by atoms with E-state index >= 15 is 0 Å². The number of aryl methyl sites for hydroxylation is 1. The van der Waals surface area contributed by atoms with Crippen molar-refractivity contribution in [2.24, 2.45) is 0 Å². The van der Waals surface area contributed by atoms with Crippen molar-refractivity contribution in [3.63, 3.8) is 0 Å².